The number of carbonyl (C=O) groups excluding carboxylic acids is 1. The first kappa shape index (κ1) is 21.9. The molecule has 2 rings (SSSR count). The van der Waals surface area contributed by atoms with Gasteiger partial charge in [0.15, 0.2) is 0 Å². The van der Waals surface area contributed by atoms with Gasteiger partial charge in [0, 0.05) is 26.7 Å². The molecule has 9 heteroatoms. The second kappa shape index (κ2) is 10.1. The number of hydrogen-bond acceptors (Lipinski definition) is 5. The smallest absolute Gasteiger partial charge is 0.243 e. The number of rotatable bonds is 7. The highest BCUT2D eigenvalue weighted by atomic mass is 35.5. The van der Waals surface area contributed by atoms with Crippen LogP contribution in [0.5, 0.6) is 0 Å². The van der Waals surface area contributed by atoms with Crippen molar-refractivity contribution in [2.45, 2.75) is 36.7 Å². The summed E-state index contributed by atoms with van der Waals surface area (Å²) in [6.07, 6.45) is 2.86. The van der Waals surface area contributed by atoms with Crippen molar-refractivity contribution in [3.63, 3.8) is 0 Å². The van der Waals surface area contributed by atoms with Gasteiger partial charge in [-0.25, -0.2) is 8.42 Å². The molecule has 0 spiro atoms. The zero-order valence-corrected chi connectivity index (χ0v) is 15.9. The monoisotopic (exact) mass is 391 g/mol. The molecule has 1 fully saturated rings. The summed E-state index contributed by atoms with van der Waals surface area (Å²) < 4.78 is 31.7. The summed E-state index contributed by atoms with van der Waals surface area (Å²) in [5.41, 5.74) is 6.36. The van der Waals surface area contributed by atoms with Crippen LogP contribution in [0.15, 0.2) is 29.2 Å². The zero-order valence-electron chi connectivity index (χ0n) is 14.3. The molecule has 25 heavy (non-hydrogen) atoms. The average Bonchev–Trinajstić information content (AvgIpc) is 2.61. The predicted octanol–water partition coefficient (Wildman–Crippen LogP) is 0.873. The van der Waals surface area contributed by atoms with Crippen molar-refractivity contribution in [3.05, 3.63) is 29.8 Å². The molecule has 1 heterocycles. The first-order chi connectivity index (χ1) is 11.4. The quantitative estimate of drug-likeness (QED) is 0.718. The zero-order chi connectivity index (χ0) is 17.6. The maximum absolute atomic E-state index is 12.7. The molecule has 1 aliphatic heterocycles. The fourth-order valence-electron chi connectivity index (χ4n) is 2.65. The van der Waals surface area contributed by atoms with Gasteiger partial charge >= 0.3 is 0 Å². The van der Waals surface area contributed by atoms with E-state index in [1.807, 2.05) is 0 Å². The Morgan fingerprint density at radius 1 is 1.32 bits per heavy atom. The fourth-order valence-corrected chi connectivity index (χ4v) is 4.23. The van der Waals surface area contributed by atoms with E-state index in [0.29, 0.717) is 18.7 Å². The molecular weight excluding hydrogens is 366 g/mol. The van der Waals surface area contributed by atoms with Gasteiger partial charge in [0.05, 0.1) is 11.5 Å². The van der Waals surface area contributed by atoms with Crippen LogP contribution in [0.4, 0.5) is 0 Å². The van der Waals surface area contributed by atoms with Crippen LogP contribution in [0.2, 0.25) is 0 Å². The Balaban J connectivity index is 0.00000312. The number of piperidine rings is 1. The Kier molecular flexibility index (Phi) is 8.81. The van der Waals surface area contributed by atoms with Gasteiger partial charge in [0.2, 0.25) is 15.9 Å². The van der Waals surface area contributed by atoms with Crippen molar-refractivity contribution >= 4 is 28.3 Å². The Morgan fingerprint density at radius 3 is 2.64 bits per heavy atom. The molecule has 0 radical (unpaired) electrons. The third-order valence-corrected chi connectivity index (χ3v) is 5.90. The first-order valence-corrected chi connectivity index (χ1v) is 9.50. The number of methoxy groups -OCH3 is 1. The Labute approximate surface area is 155 Å². The fraction of sp³-hybridized carbons (Fsp3) is 0.562. The van der Waals surface area contributed by atoms with Crippen LogP contribution in [-0.4, -0.2) is 51.5 Å². The lowest BCUT2D eigenvalue weighted by Crippen LogP contribution is -2.43. The largest absolute Gasteiger partial charge is 0.383 e. The third kappa shape index (κ3) is 5.93. The number of ether oxygens (including phenoxy) is 1. The Hall–Kier alpha value is -1.19. The first-order valence-electron chi connectivity index (χ1n) is 8.06. The van der Waals surface area contributed by atoms with Crippen LogP contribution in [0.3, 0.4) is 0 Å². The van der Waals surface area contributed by atoms with Crippen LogP contribution >= 0.6 is 12.4 Å². The lowest BCUT2D eigenvalue weighted by atomic mass is 10.2. The average molecular weight is 392 g/mol. The summed E-state index contributed by atoms with van der Waals surface area (Å²) in [6, 6.07) is 5.91. The maximum atomic E-state index is 12.7. The number of nitrogens with one attached hydrogen (secondary N) is 1. The predicted molar refractivity (Wildman–Crippen MR) is 98.0 cm³/mol. The van der Waals surface area contributed by atoms with E-state index in [4.69, 9.17) is 10.5 Å². The Bertz CT molecular complexity index is 663. The molecule has 1 aliphatic rings. The highest BCUT2D eigenvalue weighted by molar-refractivity contribution is 7.89. The van der Waals surface area contributed by atoms with Gasteiger partial charge in [-0.15, -0.1) is 12.4 Å². The van der Waals surface area contributed by atoms with E-state index >= 15 is 0 Å². The minimum Gasteiger partial charge on any atom is -0.383 e. The minimum absolute atomic E-state index is 0. The summed E-state index contributed by atoms with van der Waals surface area (Å²) in [7, 11) is -2.00. The molecule has 0 saturated carbocycles. The van der Waals surface area contributed by atoms with E-state index in [2.05, 4.69) is 5.32 Å². The van der Waals surface area contributed by atoms with Crippen molar-refractivity contribution < 1.29 is 17.9 Å². The molecule has 0 aromatic heterocycles. The second-order valence-corrected chi connectivity index (χ2v) is 7.83. The molecule has 3 N–H and O–H groups in total. The molecule has 1 atom stereocenters. The number of hydrogen-bond donors (Lipinski definition) is 2. The van der Waals surface area contributed by atoms with E-state index in [-0.39, 0.29) is 36.4 Å². The van der Waals surface area contributed by atoms with Crippen molar-refractivity contribution in [3.8, 4) is 0 Å². The number of nitrogens with two attached hydrogens (primary N) is 1. The summed E-state index contributed by atoms with van der Waals surface area (Å²) in [5, 5.41) is 2.69. The number of sulfonamides is 1. The molecule has 1 aromatic carbocycles. The van der Waals surface area contributed by atoms with Crippen molar-refractivity contribution in [1.82, 2.24) is 9.62 Å². The van der Waals surface area contributed by atoms with Crippen molar-refractivity contribution in [2.24, 2.45) is 5.73 Å². The normalized spacial score (nSPS) is 16.7. The molecule has 0 bridgehead atoms. The van der Waals surface area contributed by atoms with Crippen LogP contribution in [0.25, 0.3) is 0 Å². The van der Waals surface area contributed by atoms with E-state index < -0.39 is 16.1 Å². The van der Waals surface area contributed by atoms with E-state index in [0.717, 1.165) is 19.3 Å². The van der Waals surface area contributed by atoms with Gasteiger partial charge in [-0.3, -0.25) is 4.79 Å². The molecule has 1 aromatic rings. The van der Waals surface area contributed by atoms with E-state index in [1.54, 1.807) is 24.3 Å². The second-order valence-electron chi connectivity index (χ2n) is 5.89. The van der Waals surface area contributed by atoms with Crippen LogP contribution in [0, 0.1) is 0 Å². The van der Waals surface area contributed by atoms with E-state index in [1.165, 1.54) is 11.4 Å². The number of nitrogens with zero attached hydrogens (tertiary/aromatic N) is 1. The van der Waals surface area contributed by atoms with Gasteiger partial charge in [-0.1, -0.05) is 18.6 Å². The lowest BCUT2D eigenvalue weighted by Gasteiger charge is -2.26. The molecule has 1 saturated heterocycles. The standard InChI is InChI=1S/C16H25N3O4S.ClH/c1-23-12-15(17)16(20)18-11-13-6-5-7-14(10-13)24(21,22)19-8-3-2-4-9-19;/h5-7,10,15H,2-4,8-9,11-12,17H2,1H3,(H,18,20);1H. The molecule has 0 aliphatic carbocycles. The van der Waals surface area contributed by atoms with Gasteiger partial charge in [0.25, 0.3) is 0 Å². The SMILES string of the molecule is COCC(N)C(=O)NCc1cccc(S(=O)(=O)N2CCCCC2)c1.Cl. The van der Waals surface area contributed by atoms with Crippen LogP contribution in [0.1, 0.15) is 24.8 Å². The number of amides is 1. The number of benzene rings is 1. The molecule has 1 unspecified atom stereocenters. The van der Waals surface area contributed by atoms with Gasteiger partial charge in [-0.05, 0) is 30.5 Å². The third-order valence-electron chi connectivity index (χ3n) is 4.00. The molecule has 1 amide bonds. The minimum atomic E-state index is -3.47. The van der Waals surface area contributed by atoms with Crippen LogP contribution in [-0.2, 0) is 26.1 Å². The van der Waals surface area contributed by atoms with Crippen molar-refractivity contribution in [2.75, 3.05) is 26.8 Å². The highest BCUT2D eigenvalue weighted by Gasteiger charge is 2.26. The lowest BCUT2D eigenvalue weighted by molar-refractivity contribution is -0.123. The Morgan fingerprint density at radius 2 is 2.00 bits per heavy atom. The molecule has 142 valence electrons. The summed E-state index contributed by atoms with van der Waals surface area (Å²) in [4.78, 5) is 12.1. The van der Waals surface area contributed by atoms with Crippen molar-refractivity contribution in [1.29, 1.82) is 0 Å². The summed E-state index contributed by atoms with van der Waals surface area (Å²) in [6.45, 7) is 1.49. The summed E-state index contributed by atoms with van der Waals surface area (Å²) in [5.74, 6) is -0.332. The summed E-state index contributed by atoms with van der Waals surface area (Å²) >= 11 is 0. The van der Waals surface area contributed by atoms with E-state index in [9.17, 15) is 13.2 Å². The molecular formula is C16H26ClN3O4S. The number of carbonyl (C=O) groups is 1. The van der Waals surface area contributed by atoms with Gasteiger partial charge in [0.1, 0.15) is 6.04 Å². The topological polar surface area (TPSA) is 102 Å². The van der Waals surface area contributed by atoms with Gasteiger partial charge < -0.3 is 15.8 Å². The van der Waals surface area contributed by atoms with Gasteiger partial charge in [-0.2, -0.15) is 4.31 Å². The van der Waals surface area contributed by atoms with Crippen LogP contribution < -0.4 is 11.1 Å². The highest BCUT2D eigenvalue weighted by Crippen LogP contribution is 2.21. The molecule has 7 nitrogen and oxygen atoms in total. The maximum Gasteiger partial charge on any atom is 0.243 e. The number of halogens is 1.